The average molecular weight is 117 g/mol. The molecule has 0 unspecified atom stereocenters. The van der Waals surface area contributed by atoms with Crippen molar-refractivity contribution in [1.82, 2.24) is 0 Å². The zero-order valence-electron chi connectivity index (χ0n) is 4.81. The van der Waals surface area contributed by atoms with Gasteiger partial charge in [-0.2, -0.15) is 0 Å². The summed E-state index contributed by atoms with van der Waals surface area (Å²) in [5.41, 5.74) is 0. The van der Waals surface area contributed by atoms with E-state index in [4.69, 9.17) is 10.7 Å². The Labute approximate surface area is 48.1 Å². The van der Waals surface area contributed by atoms with E-state index in [1.54, 1.807) is 7.11 Å². The molecule has 0 atom stereocenters. The molecule has 0 aromatic carbocycles. The minimum absolute atomic E-state index is 0.277. The molecule has 0 spiro atoms. The van der Waals surface area contributed by atoms with Crippen LogP contribution < -0.4 is 0 Å². The molecule has 0 saturated carbocycles. The third kappa shape index (κ3) is 4.22. The van der Waals surface area contributed by atoms with E-state index in [0.717, 1.165) is 12.2 Å². The van der Waals surface area contributed by atoms with Crippen LogP contribution in [0.3, 0.4) is 0 Å². The Balaban J connectivity index is 3.07. The van der Waals surface area contributed by atoms with Crippen LogP contribution in [0.25, 0.3) is 0 Å². The van der Waals surface area contributed by atoms with Gasteiger partial charge in [-0.1, -0.05) is 0 Å². The normalized spacial score (nSPS) is 10.4. The SMILES string of the molecule is B#[S-](CCC)OC. The molecule has 0 radical (unpaired) electrons. The fraction of sp³-hybridized carbons (Fsp3) is 1.00. The zero-order valence-corrected chi connectivity index (χ0v) is 5.62. The van der Waals surface area contributed by atoms with Crippen molar-refractivity contribution >= 4 is 16.9 Å². The first-order chi connectivity index (χ1) is 3.31. The Morgan fingerprint density at radius 2 is 2.29 bits per heavy atom. The van der Waals surface area contributed by atoms with E-state index in [-0.39, 0.29) is 10.4 Å². The van der Waals surface area contributed by atoms with Gasteiger partial charge in [0, 0.05) is 0 Å². The fourth-order valence-electron chi connectivity index (χ4n) is 0.285. The van der Waals surface area contributed by atoms with E-state index < -0.39 is 0 Å². The van der Waals surface area contributed by atoms with Crippen molar-refractivity contribution in [3.05, 3.63) is 0 Å². The summed E-state index contributed by atoms with van der Waals surface area (Å²) >= 11 is 0. The Morgan fingerprint density at radius 3 is 2.43 bits per heavy atom. The Morgan fingerprint density at radius 1 is 1.71 bits per heavy atom. The first-order valence-electron chi connectivity index (χ1n) is 2.31. The maximum absolute atomic E-state index is 5.39. The molecular formula is C4H10BOS-. The monoisotopic (exact) mass is 117 g/mol. The van der Waals surface area contributed by atoms with E-state index in [9.17, 15) is 0 Å². The molecule has 7 heavy (non-hydrogen) atoms. The maximum atomic E-state index is 5.39. The van der Waals surface area contributed by atoms with Crippen molar-refractivity contribution < 1.29 is 4.18 Å². The number of rotatable bonds is 1. The zero-order chi connectivity index (χ0) is 5.70. The van der Waals surface area contributed by atoms with E-state index in [1.165, 1.54) is 0 Å². The van der Waals surface area contributed by atoms with Crippen LogP contribution in [0.2, 0.25) is 0 Å². The van der Waals surface area contributed by atoms with Crippen molar-refractivity contribution in [3.63, 3.8) is 0 Å². The third-order valence-electron chi connectivity index (χ3n) is 0.619. The van der Waals surface area contributed by atoms with Gasteiger partial charge in [-0.25, -0.2) is 0 Å². The molecule has 0 heterocycles. The summed E-state index contributed by atoms with van der Waals surface area (Å²) in [5, 5.41) is 0. The average Bonchev–Trinajstić information content (AvgIpc) is 1.68. The predicted octanol–water partition coefficient (Wildman–Crippen LogP) is 0.660. The minimum atomic E-state index is -0.277. The second-order valence-electron chi connectivity index (χ2n) is 1.25. The molecule has 0 rings (SSSR count). The van der Waals surface area contributed by atoms with E-state index >= 15 is 0 Å². The molecule has 0 aromatic rings. The van der Waals surface area contributed by atoms with Crippen LogP contribution >= 0.6 is 0 Å². The van der Waals surface area contributed by atoms with Gasteiger partial charge in [0.1, 0.15) is 0 Å². The van der Waals surface area contributed by atoms with E-state index in [1.807, 2.05) is 0 Å². The number of hydrogen-bond donors (Lipinski definition) is 0. The van der Waals surface area contributed by atoms with Crippen LogP contribution in [0.15, 0.2) is 0 Å². The molecule has 0 aliphatic rings. The van der Waals surface area contributed by atoms with Gasteiger partial charge in [0.2, 0.25) is 0 Å². The summed E-state index contributed by atoms with van der Waals surface area (Å²) in [6.45, 7) is 7.48. The standard InChI is InChI=1S/C4H10BOS/c1-3-4-7(5)6-2/h3-4H2,1-2H3/q-1. The Hall–Kier alpha value is 0.375. The van der Waals surface area contributed by atoms with Crippen molar-refractivity contribution in [2.45, 2.75) is 13.3 Å². The van der Waals surface area contributed by atoms with Crippen molar-refractivity contribution in [1.29, 1.82) is 0 Å². The second kappa shape index (κ2) is 4.53. The van der Waals surface area contributed by atoms with Crippen LogP contribution in [0.5, 0.6) is 0 Å². The molecule has 0 saturated heterocycles. The fourth-order valence-corrected chi connectivity index (χ4v) is 0.854. The van der Waals surface area contributed by atoms with Crippen LogP contribution in [0.4, 0.5) is 0 Å². The molecular weight excluding hydrogens is 107 g/mol. The molecule has 0 fully saturated rings. The van der Waals surface area contributed by atoms with Crippen LogP contribution in [-0.2, 0) is 14.6 Å². The summed E-state index contributed by atoms with van der Waals surface area (Å²) < 4.78 is 4.80. The van der Waals surface area contributed by atoms with Gasteiger partial charge in [0.25, 0.3) is 0 Å². The first-order valence-corrected chi connectivity index (χ1v) is 3.69. The van der Waals surface area contributed by atoms with Gasteiger partial charge < -0.3 is 0 Å². The molecule has 0 N–H and O–H groups in total. The van der Waals surface area contributed by atoms with Crippen LogP contribution in [-0.4, -0.2) is 19.4 Å². The van der Waals surface area contributed by atoms with Crippen molar-refractivity contribution in [2.75, 3.05) is 12.9 Å². The first kappa shape index (κ1) is 7.37. The Bertz CT molecular complexity index is 93.6. The van der Waals surface area contributed by atoms with Gasteiger partial charge in [0.15, 0.2) is 0 Å². The Kier molecular flexibility index (Phi) is 4.77. The quantitative estimate of drug-likeness (QED) is 0.362. The molecule has 0 bridgehead atoms. The van der Waals surface area contributed by atoms with Gasteiger partial charge in [0.05, 0.1) is 0 Å². The summed E-state index contributed by atoms with van der Waals surface area (Å²) in [7, 11) is 1.36. The van der Waals surface area contributed by atoms with E-state index in [0.29, 0.717) is 0 Å². The van der Waals surface area contributed by atoms with Gasteiger partial charge in [-0.05, 0) is 0 Å². The third-order valence-corrected chi connectivity index (χ3v) is 1.86. The second-order valence-corrected chi connectivity index (χ2v) is 2.75. The summed E-state index contributed by atoms with van der Waals surface area (Å²) in [6.07, 6.45) is 1.10. The van der Waals surface area contributed by atoms with E-state index in [2.05, 4.69) is 6.92 Å². The van der Waals surface area contributed by atoms with Gasteiger partial charge >= 0.3 is 47.3 Å². The van der Waals surface area contributed by atoms with Crippen LogP contribution in [0.1, 0.15) is 13.3 Å². The van der Waals surface area contributed by atoms with Crippen LogP contribution in [0, 0.1) is 0 Å². The molecule has 0 aliphatic heterocycles. The topological polar surface area (TPSA) is 9.23 Å². The molecule has 0 aliphatic carbocycles. The van der Waals surface area contributed by atoms with Gasteiger partial charge in [-0.3, -0.25) is 0 Å². The molecule has 0 amide bonds. The van der Waals surface area contributed by atoms with Gasteiger partial charge in [-0.15, -0.1) is 0 Å². The molecule has 1 nitrogen and oxygen atoms in total. The predicted molar refractivity (Wildman–Crippen MR) is 35.3 cm³/mol. The summed E-state index contributed by atoms with van der Waals surface area (Å²) in [5.74, 6) is 0.983. The number of hydrogen-bond acceptors (Lipinski definition) is 2. The summed E-state index contributed by atoms with van der Waals surface area (Å²) in [4.78, 5) is 0. The summed E-state index contributed by atoms with van der Waals surface area (Å²) in [6, 6.07) is 0. The molecule has 3 heteroatoms. The molecule has 0 aromatic heterocycles. The van der Waals surface area contributed by atoms with Crippen molar-refractivity contribution in [3.8, 4) is 0 Å². The molecule has 42 valence electrons. The van der Waals surface area contributed by atoms with Crippen molar-refractivity contribution in [2.24, 2.45) is 0 Å².